The zero-order valence-corrected chi connectivity index (χ0v) is 14.9. The number of hydrogen-bond acceptors (Lipinski definition) is 5. The van der Waals surface area contributed by atoms with Crippen molar-refractivity contribution in [3.63, 3.8) is 0 Å². The number of carbonyl (C=O) groups excluding carboxylic acids is 1. The number of fused-ring (bicyclic) bond motifs is 1. The molecule has 0 aliphatic rings. The lowest BCUT2D eigenvalue weighted by Crippen LogP contribution is -2.36. The summed E-state index contributed by atoms with van der Waals surface area (Å²) in [6.07, 6.45) is 5.06. The lowest BCUT2D eigenvalue weighted by Gasteiger charge is -2.23. The standard InChI is InChI=1S/C20H14N4O2S/c21-12-14-1-4-16(5-2-14)24(23-8-7-22-13-23)20(26)11-18-9-15-3-6-17(25)10-19(15)27-18/h1-10,13,25H,11H2. The highest BCUT2D eigenvalue weighted by Crippen LogP contribution is 2.29. The van der Waals surface area contributed by atoms with E-state index in [1.807, 2.05) is 12.1 Å². The van der Waals surface area contributed by atoms with Gasteiger partial charge in [0.25, 0.3) is 5.91 Å². The van der Waals surface area contributed by atoms with Crippen molar-refractivity contribution < 1.29 is 9.90 Å². The molecule has 0 bridgehead atoms. The highest BCUT2D eigenvalue weighted by atomic mass is 32.1. The van der Waals surface area contributed by atoms with Crippen LogP contribution in [-0.2, 0) is 11.2 Å². The van der Waals surface area contributed by atoms with Crippen molar-refractivity contribution in [2.75, 3.05) is 5.01 Å². The van der Waals surface area contributed by atoms with Crippen molar-refractivity contribution in [2.24, 2.45) is 0 Å². The van der Waals surface area contributed by atoms with Crippen molar-refractivity contribution in [3.8, 4) is 11.8 Å². The number of phenols is 1. The average molecular weight is 374 g/mol. The van der Waals surface area contributed by atoms with Gasteiger partial charge in [-0.25, -0.2) is 14.7 Å². The molecule has 132 valence electrons. The number of hydrogen-bond donors (Lipinski definition) is 1. The molecule has 1 N–H and O–H groups in total. The first-order valence-corrected chi connectivity index (χ1v) is 8.98. The summed E-state index contributed by atoms with van der Waals surface area (Å²) in [4.78, 5) is 18.0. The number of carbonyl (C=O) groups is 1. The van der Waals surface area contributed by atoms with Crippen LogP contribution >= 0.6 is 11.3 Å². The Labute approximate surface area is 159 Å². The summed E-state index contributed by atoms with van der Waals surface area (Å²) in [6.45, 7) is 0. The molecular formula is C20H14N4O2S. The van der Waals surface area contributed by atoms with Crippen LogP contribution in [0.4, 0.5) is 5.69 Å². The molecule has 4 aromatic rings. The van der Waals surface area contributed by atoms with Gasteiger partial charge < -0.3 is 5.11 Å². The van der Waals surface area contributed by atoms with Crippen molar-refractivity contribution >= 4 is 33.0 Å². The largest absolute Gasteiger partial charge is 0.508 e. The third-order valence-electron chi connectivity index (χ3n) is 4.08. The minimum Gasteiger partial charge on any atom is -0.508 e. The van der Waals surface area contributed by atoms with E-state index in [1.54, 1.807) is 59.8 Å². The second kappa shape index (κ2) is 6.94. The fourth-order valence-electron chi connectivity index (χ4n) is 2.84. The number of rotatable bonds is 4. The molecule has 0 aliphatic carbocycles. The van der Waals surface area contributed by atoms with E-state index >= 15 is 0 Å². The smallest absolute Gasteiger partial charge is 0.251 e. The van der Waals surface area contributed by atoms with E-state index in [1.165, 1.54) is 16.3 Å². The van der Waals surface area contributed by atoms with Crippen LogP contribution in [0.2, 0.25) is 0 Å². The zero-order valence-electron chi connectivity index (χ0n) is 14.1. The normalized spacial score (nSPS) is 10.6. The van der Waals surface area contributed by atoms with Gasteiger partial charge >= 0.3 is 0 Å². The second-order valence-corrected chi connectivity index (χ2v) is 7.09. The van der Waals surface area contributed by atoms with E-state index in [-0.39, 0.29) is 18.1 Å². The van der Waals surface area contributed by atoms with Crippen LogP contribution in [0.15, 0.2) is 67.3 Å². The molecule has 2 heterocycles. The summed E-state index contributed by atoms with van der Waals surface area (Å²) in [5.41, 5.74) is 1.18. The first-order valence-electron chi connectivity index (χ1n) is 8.17. The maximum Gasteiger partial charge on any atom is 0.251 e. The van der Waals surface area contributed by atoms with Crippen LogP contribution in [0.1, 0.15) is 10.4 Å². The van der Waals surface area contributed by atoms with Crippen molar-refractivity contribution in [1.82, 2.24) is 9.66 Å². The number of nitriles is 1. The SMILES string of the molecule is N#Cc1ccc(N(C(=O)Cc2cc3ccc(O)cc3s2)n2ccnc2)cc1. The fraction of sp³-hybridized carbons (Fsp3) is 0.0500. The van der Waals surface area contributed by atoms with Crippen LogP contribution in [0.5, 0.6) is 5.75 Å². The summed E-state index contributed by atoms with van der Waals surface area (Å²) >= 11 is 1.48. The molecule has 27 heavy (non-hydrogen) atoms. The molecule has 0 atom stereocenters. The van der Waals surface area contributed by atoms with E-state index in [9.17, 15) is 9.90 Å². The van der Waals surface area contributed by atoms with Crippen molar-refractivity contribution in [3.05, 3.63) is 77.7 Å². The van der Waals surface area contributed by atoms with Gasteiger partial charge in [0.2, 0.25) is 0 Å². The predicted octanol–water partition coefficient (Wildman–Crippen LogP) is 3.71. The van der Waals surface area contributed by atoms with E-state index in [0.29, 0.717) is 11.3 Å². The Hall–Kier alpha value is -3.63. The lowest BCUT2D eigenvalue weighted by molar-refractivity contribution is -0.118. The number of thiophene rings is 1. The molecule has 7 heteroatoms. The predicted molar refractivity (Wildman–Crippen MR) is 103 cm³/mol. The van der Waals surface area contributed by atoms with Gasteiger partial charge in [0.15, 0.2) is 0 Å². The maximum atomic E-state index is 13.1. The molecule has 0 radical (unpaired) electrons. The van der Waals surface area contributed by atoms with Gasteiger partial charge in [-0.1, -0.05) is 0 Å². The molecule has 0 saturated carbocycles. The summed E-state index contributed by atoms with van der Waals surface area (Å²) in [5.74, 6) is 0.0772. The van der Waals surface area contributed by atoms with Gasteiger partial charge in [0.05, 0.1) is 23.7 Å². The number of nitrogens with zero attached hydrogens (tertiary/aromatic N) is 4. The maximum absolute atomic E-state index is 13.1. The quantitative estimate of drug-likeness (QED) is 0.590. The number of amides is 1. The highest BCUT2D eigenvalue weighted by Gasteiger charge is 2.19. The molecule has 6 nitrogen and oxygen atoms in total. The number of benzene rings is 2. The second-order valence-electron chi connectivity index (χ2n) is 5.92. The molecule has 0 fully saturated rings. The van der Waals surface area contributed by atoms with Gasteiger partial charge in [-0.3, -0.25) is 4.79 Å². The Kier molecular flexibility index (Phi) is 4.32. The number of phenolic OH excluding ortho intramolecular Hbond substituents is 1. The number of anilines is 1. The molecule has 4 rings (SSSR count). The topological polar surface area (TPSA) is 82.1 Å². The Bertz CT molecular complexity index is 1140. The van der Waals surface area contributed by atoms with Crippen molar-refractivity contribution in [1.29, 1.82) is 5.26 Å². The van der Waals surface area contributed by atoms with Gasteiger partial charge in [-0.05, 0) is 53.9 Å². The first kappa shape index (κ1) is 16.8. The molecule has 1 amide bonds. The Balaban J connectivity index is 1.66. The van der Waals surface area contributed by atoms with Crippen LogP contribution in [0.3, 0.4) is 0 Å². The zero-order chi connectivity index (χ0) is 18.8. The summed E-state index contributed by atoms with van der Waals surface area (Å²) < 4.78 is 2.55. The van der Waals surface area contributed by atoms with E-state index in [2.05, 4.69) is 11.1 Å². The van der Waals surface area contributed by atoms with E-state index in [4.69, 9.17) is 5.26 Å². The molecule has 0 spiro atoms. The monoisotopic (exact) mass is 374 g/mol. The average Bonchev–Trinajstić information content (AvgIpc) is 3.32. The Morgan fingerprint density at radius 3 is 2.74 bits per heavy atom. The molecule has 0 unspecified atom stereocenters. The number of aromatic nitrogens is 2. The van der Waals surface area contributed by atoms with Crippen LogP contribution in [0.25, 0.3) is 10.1 Å². The molecule has 0 aliphatic heterocycles. The summed E-state index contributed by atoms with van der Waals surface area (Å²) in [6, 6.07) is 16.0. The first-order chi connectivity index (χ1) is 13.1. The highest BCUT2D eigenvalue weighted by molar-refractivity contribution is 7.19. The number of imidazole rings is 1. The van der Waals surface area contributed by atoms with Crippen LogP contribution in [0, 0.1) is 11.3 Å². The van der Waals surface area contributed by atoms with Crippen molar-refractivity contribution in [2.45, 2.75) is 6.42 Å². The van der Waals surface area contributed by atoms with E-state index in [0.717, 1.165) is 15.0 Å². The summed E-state index contributed by atoms with van der Waals surface area (Å²) in [7, 11) is 0. The lowest BCUT2D eigenvalue weighted by atomic mass is 10.2. The minimum absolute atomic E-state index is 0.131. The van der Waals surface area contributed by atoms with Gasteiger partial charge in [-0.15, -0.1) is 11.3 Å². The molecule has 2 aromatic heterocycles. The Morgan fingerprint density at radius 1 is 1.22 bits per heavy atom. The third-order valence-corrected chi connectivity index (χ3v) is 5.18. The van der Waals surface area contributed by atoms with Crippen LogP contribution < -0.4 is 5.01 Å². The summed E-state index contributed by atoms with van der Waals surface area (Å²) in [5, 5.41) is 21.1. The molecular weight excluding hydrogens is 360 g/mol. The molecule has 2 aromatic carbocycles. The van der Waals surface area contributed by atoms with E-state index < -0.39 is 0 Å². The minimum atomic E-state index is -0.131. The fourth-order valence-corrected chi connectivity index (χ4v) is 3.93. The van der Waals surface area contributed by atoms with Gasteiger partial charge in [-0.2, -0.15) is 5.26 Å². The van der Waals surface area contributed by atoms with Gasteiger partial charge in [0.1, 0.15) is 12.1 Å². The number of aromatic hydroxyl groups is 1. The molecule has 0 saturated heterocycles. The Morgan fingerprint density at radius 2 is 2.04 bits per heavy atom. The van der Waals surface area contributed by atoms with Crippen LogP contribution in [-0.4, -0.2) is 20.7 Å². The van der Waals surface area contributed by atoms with Gasteiger partial charge in [0, 0.05) is 22.0 Å². The third kappa shape index (κ3) is 3.38.